The number of carbonyl (C=O) groups excluding carboxylic acids is 1. The maximum atomic E-state index is 12.3. The second-order valence-electron chi connectivity index (χ2n) is 5.32. The molecule has 0 aromatic heterocycles. The average Bonchev–Trinajstić information content (AvgIpc) is 2.49. The van der Waals surface area contributed by atoms with Crippen molar-refractivity contribution in [3.8, 4) is 0 Å². The first-order valence-electron chi connectivity index (χ1n) is 6.99. The van der Waals surface area contributed by atoms with Crippen molar-refractivity contribution in [3.63, 3.8) is 0 Å². The molecule has 1 atom stereocenters. The zero-order chi connectivity index (χ0) is 16.3. The highest BCUT2D eigenvalue weighted by molar-refractivity contribution is 7.89. The summed E-state index contributed by atoms with van der Waals surface area (Å²) in [7, 11) is -0.605. The number of aryl methyl sites for hydroxylation is 1. The minimum Gasteiger partial charge on any atom is -0.366 e. The van der Waals surface area contributed by atoms with E-state index < -0.39 is 16.1 Å². The van der Waals surface area contributed by atoms with Crippen molar-refractivity contribution < 1.29 is 17.9 Å². The normalized spacial score (nSPS) is 19.2. The van der Waals surface area contributed by atoms with Crippen LogP contribution in [0.1, 0.15) is 5.56 Å². The van der Waals surface area contributed by atoms with Gasteiger partial charge in [0.05, 0.1) is 11.5 Å². The number of hydrogen-bond donors (Lipinski definition) is 2. The molecule has 1 aromatic carbocycles. The van der Waals surface area contributed by atoms with Crippen molar-refractivity contribution in [1.29, 1.82) is 0 Å². The van der Waals surface area contributed by atoms with Crippen LogP contribution in [-0.4, -0.2) is 58.5 Å². The van der Waals surface area contributed by atoms with E-state index in [0.29, 0.717) is 24.4 Å². The summed E-state index contributed by atoms with van der Waals surface area (Å²) in [6.07, 6.45) is -0.566. The molecule has 2 rings (SSSR count). The average molecular weight is 327 g/mol. The summed E-state index contributed by atoms with van der Waals surface area (Å²) >= 11 is 0. The molecule has 122 valence electrons. The Kier molecular flexibility index (Phi) is 5.17. The first-order chi connectivity index (χ1) is 10.3. The van der Waals surface area contributed by atoms with E-state index >= 15 is 0 Å². The van der Waals surface area contributed by atoms with Gasteiger partial charge in [-0.1, -0.05) is 6.07 Å². The number of morpholine rings is 1. The van der Waals surface area contributed by atoms with Gasteiger partial charge in [-0.3, -0.25) is 4.79 Å². The maximum absolute atomic E-state index is 12.3. The van der Waals surface area contributed by atoms with Crippen LogP contribution in [0.15, 0.2) is 23.1 Å². The lowest BCUT2D eigenvalue weighted by molar-refractivity contribution is -0.128. The molecule has 1 aliphatic heterocycles. The Labute approximate surface area is 130 Å². The van der Waals surface area contributed by atoms with Gasteiger partial charge in [0.25, 0.3) is 5.91 Å². The number of carbonyl (C=O) groups is 1. The number of amides is 1. The van der Waals surface area contributed by atoms with Crippen LogP contribution in [0.3, 0.4) is 0 Å². The maximum Gasteiger partial charge on any atom is 0.254 e. The largest absolute Gasteiger partial charge is 0.366 e. The van der Waals surface area contributed by atoms with E-state index in [-0.39, 0.29) is 10.8 Å². The quantitative estimate of drug-likeness (QED) is 0.823. The fourth-order valence-corrected chi connectivity index (χ4v) is 3.25. The van der Waals surface area contributed by atoms with Gasteiger partial charge in [-0.25, -0.2) is 12.7 Å². The van der Waals surface area contributed by atoms with Gasteiger partial charge in [-0.15, -0.1) is 0 Å². The van der Waals surface area contributed by atoms with Crippen LogP contribution in [0.25, 0.3) is 0 Å². The van der Waals surface area contributed by atoms with Gasteiger partial charge >= 0.3 is 0 Å². The molecule has 22 heavy (non-hydrogen) atoms. The highest BCUT2D eigenvalue weighted by Crippen LogP contribution is 2.22. The summed E-state index contributed by atoms with van der Waals surface area (Å²) in [6, 6.07) is 4.82. The van der Waals surface area contributed by atoms with Gasteiger partial charge in [0.15, 0.2) is 0 Å². The van der Waals surface area contributed by atoms with E-state index in [1.807, 2.05) is 0 Å². The highest BCUT2D eigenvalue weighted by Gasteiger charge is 2.23. The minimum atomic E-state index is -3.55. The van der Waals surface area contributed by atoms with Gasteiger partial charge in [-0.2, -0.15) is 0 Å². The van der Waals surface area contributed by atoms with E-state index in [9.17, 15) is 13.2 Å². The molecule has 1 aliphatic rings. The zero-order valence-electron chi connectivity index (χ0n) is 12.9. The fraction of sp³-hybridized carbons (Fsp3) is 0.500. The Morgan fingerprint density at radius 3 is 2.73 bits per heavy atom. The van der Waals surface area contributed by atoms with Crippen molar-refractivity contribution >= 4 is 21.6 Å². The number of rotatable bonds is 4. The standard InChI is InChI=1S/C14H21N3O4S/c1-10-4-5-11(8-13(10)22(19,20)17(2)3)16-14(18)12-9-15-6-7-21-12/h4-5,8,12,15H,6-7,9H2,1-3H3,(H,16,18). The summed E-state index contributed by atoms with van der Waals surface area (Å²) in [5, 5.41) is 5.78. The van der Waals surface area contributed by atoms with Gasteiger partial charge in [0.2, 0.25) is 10.0 Å². The lowest BCUT2D eigenvalue weighted by atomic mass is 10.2. The SMILES string of the molecule is Cc1ccc(NC(=O)C2CNCCO2)cc1S(=O)(=O)N(C)C. The van der Waals surface area contributed by atoms with Gasteiger partial charge < -0.3 is 15.4 Å². The number of nitrogens with one attached hydrogen (secondary N) is 2. The molecule has 1 fully saturated rings. The Hall–Kier alpha value is -1.48. The van der Waals surface area contributed by atoms with Crippen LogP contribution in [0.4, 0.5) is 5.69 Å². The van der Waals surface area contributed by atoms with Gasteiger partial charge in [-0.05, 0) is 24.6 Å². The number of sulfonamides is 1. The van der Waals surface area contributed by atoms with Gasteiger partial charge in [0.1, 0.15) is 6.10 Å². The molecule has 8 heteroatoms. The van der Waals surface area contributed by atoms with E-state index in [4.69, 9.17) is 4.74 Å². The van der Waals surface area contributed by atoms with Crippen molar-refractivity contribution in [2.45, 2.75) is 17.9 Å². The lowest BCUT2D eigenvalue weighted by Crippen LogP contribution is -2.45. The summed E-state index contributed by atoms with van der Waals surface area (Å²) in [6.45, 7) is 3.36. The van der Waals surface area contributed by atoms with Crippen molar-refractivity contribution in [2.24, 2.45) is 0 Å². The molecule has 0 saturated carbocycles. The van der Waals surface area contributed by atoms with E-state index in [0.717, 1.165) is 10.8 Å². The summed E-state index contributed by atoms with van der Waals surface area (Å²) in [4.78, 5) is 12.3. The van der Waals surface area contributed by atoms with Crippen LogP contribution in [0.5, 0.6) is 0 Å². The molecule has 1 saturated heterocycles. The second kappa shape index (κ2) is 6.74. The molecular weight excluding hydrogens is 306 g/mol. The molecule has 1 aromatic rings. The zero-order valence-corrected chi connectivity index (χ0v) is 13.7. The molecule has 1 unspecified atom stereocenters. The molecular formula is C14H21N3O4S. The Bertz CT molecular complexity index is 652. The van der Waals surface area contributed by atoms with Crippen LogP contribution < -0.4 is 10.6 Å². The van der Waals surface area contributed by atoms with E-state index in [2.05, 4.69) is 10.6 Å². The third-order valence-corrected chi connectivity index (χ3v) is 5.39. The van der Waals surface area contributed by atoms with Crippen LogP contribution in [-0.2, 0) is 19.6 Å². The van der Waals surface area contributed by atoms with Crippen molar-refractivity contribution in [3.05, 3.63) is 23.8 Å². The monoisotopic (exact) mass is 327 g/mol. The number of anilines is 1. The fourth-order valence-electron chi connectivity index (χ4n) is 2.11. The molecule has 0 bridgehead atoms. The predicted octanol–water partition coefficient (Wildman–Crippen LogP) is 0.172. The molecule has 0 radical (unpaired) electrons. The predicted molar refractivity (Wildman–Crippen MR) is 83.3 cm³/mol. The molecule has 2 N–H and O–H groups in total. The Morgan fingerprint density at radius 2 is 2.14 bits per heavy atom. The van der Waals surface area contributed by atoms with E-state index in [1.165, 1.54) is 20.2 Å². The molecule has 7 nitrogen and oxygen atoms in total. The van der Waals surface area contributed by atoms with Gasteiger partial charge in [0, 0.05) is 32.9 Å². The second-order valence-corrected chi connectivity index (χ2v) is 7.44. The number of hydrogen-bond acceptors (Lipinski definition) is 5. The first kappa shape index (κ1) is 16.9. The summed E-state index contributed by atoms with van der Waals surface area (Å²) in [5.41, 5.74) is 1.06. The van der Waals surface area contributed by atoms with Crippen LogP contribution >= 0.6 is 0 Å². The number of nitrogens with zero attached hydrogens (tertiary/aromatic N) is 1. The molecule has 1 heterocycles. The number of benzene rings is 1. The van der Waals surface area contributed by atoms with Crippen LogP contribution in [0.2, 0.25) is 0 Å². The highest BCUT2D eigenvalue weighted by atomic mass is 32.2. The topological polar surface area (TPSA) is 87.7 Å². The Balaban J connectivity index is 2.21. The summed E-state index contributed by atoms with van der Waals surface area (Å²) < 4.78 is 31.1. The van der Waals surface area contributed by atoms with Crippen LogP contribution in [0, 0.1) is 6.92 Å². The third kappa shape index (κ3) is 3.64. The first-order valence-corrected chi connectivity index (χ1v) is 8.43. The smallest absolute Gasteiger partial charge is 0.254 e. The molecule has 1 amide bonds. The van der Waals surface area contributed by atoms with Crippen molar-refractivity contribution in [2.75, 3.05) is 39.1 Å². The molecule has 0 aliphatic carbocycles. The lowest BCUT2D eigenvalue weighted by Gasteiger charge is -2.23. The van der Waals surface area contributed by atoms with Crippen molar-refractivity contribution in [1.82, 2.24) is 9.62 Å². The molecule has 0 spiro atoms. The summed E-state index contributed by atoms with van der Waals surface area (Å²) in [5.74, 6) is -0.288. The minimum absolute atomic E-state index is 0.179. The number of ether oxygens (including phenoxy) is 1. The third-order valence-electron chi connectivity index (χ3n) is 3.43. The Morgan fingerprint density at radius 1 is 1.41 bits per heavy atom. The van der Waals surface area contributed by atoms with E-state index in [1.54, 1.807) is 19.1 Å².